The summed E-state index contributed by atoms with van der Waals surface area (Å²) in [6.45, 7) is 6.47. The molecule has 1 saturated heterocycles. The van der Waals surface area contributed by atoms with Crippen LogP contribution in [0.5, 0.6) is 0 Å². The quantitative estimate of drug-likeness (QED) is 0.544. The number of β-amino-alcohol motifs (C(OH)–C–C–N with tert-alkyl or cyclic N) is 1. The summed E-state index contributed by atoms with van der Waals surface area (Å²) in [7, 11) is 1.62. The lowest BCUT2D eigenvalue weighted by Gasteiger charge is -2.37. The third-order valence-corrected chi connectivity index (χ3v) is 6.27. The predicted octanol–water partition coefficient (Wildman–Crippen LogP) is 3.83. The average molecular weight is 467 g/mol. The van der Waals surface area contributed by atoms with Crippen LogP contribution in [0.25, 0.3) is 11.4 Å². The topological polar surface area (TPSA) is 61.7 Å². The van der Waals surface area contributed by atoms with Gasteiger partial charge in [-0.1, -0.05) is 54.1 Å². The molecule has 0 spiro atoms. The smallest absolute Gasteiger partial charge is 0.161 e. The van der Waals surface area contributed by atoms with Crippen LogP contribution in [-0.4, -0.2) is 72.5 Å². The number of nitrogens with zero attached hydrogens (tertiary/aromatic N) is 4. The van der Waals surface area contributed by atoms with Crippen molar-refractivity contribution in [3.63, 3.8) is 0 Å². The third-order valence-electron chi connectivity index (χ3n) is 6.02. The first-order chi connectivity index (χ1) is 16.0. The van der Waals surface area contributed by atoms with Crippen LogP contribution in [0.2, 0.25) is 5.02 Å². The first-order valence-electron chi connectivity index (χ1n) is 11.3. The predicted molar refractivity (Wildman–Crippen MR) is 133 cm³/mol. The fourth-order valence-corrected chi connectivity index (χ4v) is 4.38. The maximum atomic E-state index is 10.1. The SMILES string of the molecule is COCC(O)CN1CCN(c2nc(-c3ccccc3)nc(C)c2Cc2ccc(Cl)cc2)CC1. The Morgan fingerprint density at radius 3 is 2.36 bits per heavy atom. The molecule has 33 heavy (non-hydrogen) atoms. The average Bonchev–Trinajstić information content (AvgIpc) is 2.83. The minimum Gasteiger partial charge on any atom is -0.389 e. The Bertz CT molecular complexity index is 1040. The molecule has 2 aromatic carbocycles. The molecular formula is C26H31ClN4O2. The first-order valence-corrected chi connectivity index (χ1v) is 11.7. The summed E-state index contributed by atoms with van der Waals surface area (Å²) in [4.78, 5) is 14.6. The van der Waals surface area contributed by atoms with Gasteiger partial charge in [0.2, 0.25) is 0 Å². The number of benzene rings is 2. The minimum atomic E-state index is -0.465. The monoisotopic (exact) mass is 466 g/mol. The van der Waals surface area contributed by atoms with Crippen molar-refractivity contribution in [1.82, 2.24) is 14.9 Å². The van der Waals surface area contributed by atoms with Gasteiger partial charge in [-0.05, 0) is 24.6 Å². The summed E-state index contributed by atoms with van der Waals surface area (Å²) in [5.74, 6) is 1.74. The van der Waals surface area contributed by atoms with Crippen molar-refractivity contribution in [3.05, 3.63) is 76.4 Å². The molecule has 0 saturated carbocycles. The van der Waals surface area contributed by atoms with E-state index in [-0.39, 0.29) is 0 Å². The van der Waals surface area contributed by atoms with E-state index < -0.39 is 6.10 Å². The zero-order valence-electron chi connectivity index (χ0n) is 19.2. The molecule has 0 aliphatic carbocycles. The zero-order chi connectivity index (χ0) is 23.2. The zero-order valence-corrected chi connectivity index (χ0v) is 20.0. The fourth-order valence-electron chi connectivity index (χ4n) is 4.26. The van der Waals surface area contributed by atoms with Crippen molar-refractivity contribution >= 4 is 17.4 Å². The second-order valence-corrected chi connectivity index (χ2v) is 8.94. The van der Waals surface area contributed by atoms with Gasteiger partial charge in [0, 0.05) is 68.1 Å². The number of methoxy groups -OCH3 is 1. The van der Waals surface area contributed by atoms with Gasteiger partial charge >= 0.3 is 0 Å². The first kappa shape index (κ1) is 23.6. The highest BCUT2D eigenvalue weighted by Gasteiger charge is 2.24. The number of aryl methyl sites for hydroxylation is 1. The van der Waals surface area contributed by atoms with E-state index in [9.17, 15) is 5.11 Å². The van der Waals surface area contributed by atoms with Crippen molar-refractivity contribution < 1.29 is 9.84 Å². The lowest BCUT2D eigenvalue weighted by Crippen LogP contribution is -2.49. The van der Waals surface area contributed by atoms with Crippen LogP contribution < -0.4 is 4.90 Å². The molecule has 6 nitrogen and oxygen atoms in total. The van der Waals surface area contributed by atoms with Crippen LogP contribution >= 0.6 is 11.6 Å². The standard InChI is InChI=1S/C26H31ClN4O2/c1-19-24(16-20-8-10-22(27)11-9-20)26(29-25(28-19)21-6-4-3-5-7-21)31-14-12-30(13-15-31)17-23(32)18-33-2/h3-11,23,32H,12-18H2,1-2H3. The van der Waals surface area contributed by atoms with Crippen LogP contribution in [0, 0.1) is 6.92 Å². The number of rotatable bonds is 8. The fraction of sp³-hybridized carbons (Fsp3) is 0.385. The van der Waals surface area contributed by atoms with E-state index in [4.69, 9.17) is 26.3 Å². The van der Waals surface area contributed by atoms with Crippen LogP contribution in [0.1, 0.15) is 16.8 Å². The molecular weight excluding hydrogens is 436 g/mol. The Morgan fingerprint density at radius 1 is 1.00 bits per heavy atom. The Hall–Kier alpha value is -2.51. The molecule has 0 amide bonds. The lowest BCUT2D eigenvalue weighted by atomic mass is 10.0. The summed E-state index contributed by atoms with van der Waals surface area (Å²) in [5.41, 5.74) is 4.33. The van der Waals surface area contributed by atoms with Gasteiger partial charge in [-0.2, -0.15) is 0 Å². The second-order valence-electron chi connectivity index (χ2n) is 8.50. The van der Waals surface area contributed by atoms with Gasteiger partial charge in [0.1, 0.15) is 5.82 Å². The molecule has 1 fully saturated rings. The third kappa shape index (κ3) is 6.09. The summed E-state index contributed by atoms with van der Waals surface area (Å²) in [6.07, 6.45) is 0.285. The molecule has 1 aliphatic heterocycles. The van der Waals surface area contributed by atoms with Crippen LogP contribution in [-0.2, 0) is 11.2 Å². The number of aromatic nitrogens is 2. The molecule has 3 aromatic rings. The summed E-state index contributed by atoms with van der Waals surface area (Å²) in [5, 5.41) is 10.8. The van der Waals surface area contributed by atoms with Gasteiger partial charge < -0.3 is 14.7 Å². The van der Waals surface area contributed by atoms with E-state index in [1.807, 2.05) is 42.5 Å². The molecule has 7 heteroatoms. The summed E-state index contributed by atoms with van der Waals surface area (Å²) in [6, 6.07) is 18.1. The Labute approximate surface area is 200 Å². The largest absolute Gasteiger partial charge is 0.389 e. The van der Waals surface area contributed by atoms with E-state index >= 15 is 0 Å². The summed E-state index contributed by atoms with van der Waals surface area (Å²) >= 11 is 6.09. The van der Waals surface area contributed by atoms with E-state index in [0.717, 1.165) is 66.1 Å². The highest BCUT2D eigenvalue weighted by atomic mass is 35.5. The number of ether oxygens (including phenoxy) is 1. The number of anilines is 1. The number of hydrogen-bond acceptors (Lipinski definition) is 6. The number of aliphatic hydroxyl groups is 1. The summed E-state index contributed by atoms with van der Waals surface area (Å²) < 4.78 is 5.07. The maximum Gasteiger partial charge on any atom is 0.161 e. The molecule has 1 atom stereocenters. The molecule has 2 heterocycles. The van der Waals surface area contributed by atoms with E-state index in [1.54, 1.807) is 7.11 Å². The van der Waals surface area contributed by atoms with Crippen LogP contribution in [0.15, 0.2) is 54.6 Å². The highest BCUT2D eigenvalue weighted by Crippen LogP contribution is 2.28. The second kappa shape index (κ2) is 11.1. The number of aliphatic hydroxyl groups excluding tert-OH is 1. The molecule has 1 unspecified atom stereocenters. The van der Waals surface area contributed by atoms with E-state index in [0.29, 0.717) is 13.2 Å². The Balaban J connectivity index is 1.61. The number of halogens is 1. The molecule has 1 aromatic heterocycles. The highest BCUT2D eigenvalue weighted by molar-refractivity contribution is 6.30. The Morgan fingerprint density at radius 2 is 1.70 bits per heavy atom. The normalized spacial score (nSPS) is 15.6. The van der Waals surface area contributed by atoms with Crippen molar-refractivity contribution in [2.24, 2.45) is 0 Å². The Kier molecular flexibility index (Phi) is 7.93. The van der Waals surface area contributed by atoms with Crippen molar-refractivity contribution in [3.8, 4) is 11.4 Å². The van der Waals surface area contributed by atoms with Gasteiger partial charge in [-0.15, -0.1) is 0 Å². The van der Waals surface area contributed by atoms with Crippen molar-refractivity contribution in [1.29, 1.82) is 0 Å². The van der Waals surface area contributed by atoms with Crippen molar-refractivity contribution in [2.45, 2.75) is 19.4 Å². The van der Waals surface area contributed by atoms with Crippen LogP contribution in [0.4, 0.5) is 5.82 Å². The van der Waals surface area contributed by atoms with E-state index in [1.165, 1.54) is 5.56 Å². The molecule has 174 valence electrons. The molecule has 0 radical (unpaired) electrons. The van der Waals surface area contributed by atoms with E-state index in [2.05, 4.69) is 28.9 Å². The van der Waals surface area contributed by atoms with Crippen LogP contribution in [0.3, 0.4) is 0 Å². The van der Waals surface area contributed by atoms with Gasteiger partial charge in [0.05, 0.1) is 12.7 Å². The minimum absolute atomic E-state index is 0.358. The molecule has 4 rings (SSSR count). The number of piperazine rings is 1. The van der Waals surface area contributed by atoms with Gasteiger partial charge in [0.15, 0.2) is 5.82 Å². The lowest BCUT2D eigenvalue weighted by molar-refractivity contribution is 0.0365. The number of hydrogen-bond donors (Lipinski definition) is 1. The molecule has 1 N–H and O–H groups in total. The molecule has 1 aliphatic rings. The van der Waals surface area contributed by atoms with Gasteiger partial charge in [0.25, 0.3) is 0 Å². The molecule has 0 bridgehead atoms. The maximum absolute atomic E-state index is 10.1. The van der Waals surface area contributed by atoms with Crippen molar-refractivity contribution in [2.75, 3.05) is 51.3 Å². The van der Waals surface area contributed by atoms with Gasteiger partial charge in [-0.25, -0.2) is 9.97 Å². The van der Waals surface area contributed by atoms with Gasteiger partial charge in [-0.3, -0.25) is 4.90 Å².